The minimum Gasteiger partial charge on any atom is -0.480 e. The number of nitrogens with one attached hydrogen (secondary N) is 2. The topological polar surface area (TPSA) is 236 Å². The number of carbonyl (C=O) groups excluding carboxylic acids is 3. The number of imide groups is 1. The van der Waals surface area contributed by atoms with Gasteiger partial charge in [-0.1, -0.05) is 43.1 Å². The van der Waals surface area contributed by atoms with Crippen molar-refractivity contribution >= 4 is 72.1 Å². The van der Waals surface area contributed by atoms with Gasteiger partial charge < -0.3 is 35.8 Å². The van der Waals surface area contributed by atoms with Crippen LogP contribution in [0.3, 0.4) is 0 Å². The molecule has 0 radical (unpaired) electrons. The molecule has 56 heavy (non-hydrogen) atoms. The van der Waals surface area contributed by atoms with Gasteiger partial charge in [0.2, 0.25) is 11.9 Å². The van der Waals surface area contributed by atoms with E-state index < -0.39 is 49.6 Å². The van der Waals surface area contributed by atoms with Crippen LogP contribution in [0.25, 0.3) is 0 Å². The lowest BCUT2D eigenvalue weighted by atomic mass is 9.93. The molecule has 2 amide bonds. The quantitative estimate of drug-likeness (QED) is 0.0412. The Balaban J connectivity index is 0.000000336. The summed E-state index contributed by atoms with van der Waals surface area (Å²) < 4.78 is 35.6. The van der Waals surface area contributed by atoms with Crippen LogP contribution in [0.4, 0.5) is 22.0 Å². The van der Waals surface area contributed by atoms with Crippen molar-refractivity contribution in [2.24, 2.45) is 5.73 Å². The van der Waals surface area contributed by atoms with Crippen LogP contribution in [0.5, 0.6) is 5.75 Å². The van der Waals surface area contributed by atoms with E-state index in [2.05, 4.69) is 46.4 Å². The summed E-state index contributed by atoms with van der Waals surface area (Å²) in [7, 11) is -3.10. The molecule has 312 valence electrons. The van der Waals surface area contributed by atoms with E-state index in [1.807, 2.05) is 20.1 Å². The number of halogens is 2. The average molecular weight is 846 g/mol. The molecule has 0 saturated heterocycles. The number of ether oxygens (including phenoxy) is 2. The van der Waals surface area contributed by atoms with Crippen LogP contribution >= 0.6 is 30.7 Å². The minimum absolute atomic E-state index is 0.000883. The molecule has 2 atom stereocenters. The van der Waals surface area contributed by atoms with Gasteiger partial charge in [0.25, 0.3) is 11.8 Å². The third-order valence-electron chi connectivity index (χ3n) is 7.78. The second-order valence-corrected chi connectivity index (χ2v) is 17.7. The highest BCUT2D eigenvalue weighted by molar-refractivity contribution is 7.98. The second kappa shape index (κ2) is 22.8. The maximum atomic E-state index is 14.5. The highest BCUT2D eigenvalue weighted by Crippen LogP contribution is 2.39. The molecule has 4 rings (SSSR count). The molecule has 1 aliphatic heterocycles. The number of carboxylic acids is 1. The molecule has 0 saturated carbocycles. The number of benzene rings is 1. The molecule has 1 aliphatic carbocycles. The molecule has 0 bridgehead atoms. The van der Waals surface area contributed by atoms with Gasteiger partial charge in [0.05, 0.1) is 17.3 Å². The molecule has 2 aliphatic rings. The Labute approximate surface area is 336 Å². The van der Waals surface area contributed by atoms with E-state index >= 15 is 0 Å². The van der Waals surface area contributed by atoms with Gasteiger partial charge in [-0.05, 0) is 78.5 Å². The molecule has 2 unspecified atom stereocenters. The lowest BCUT2D eigenvalue weighted by Gasteiger charge is -2.20. The fourth-order valence-corrected chi connectivity index (χ4v) is 6.37. The second-order valence-electron chi connectivity index (χ2n) is 13.9. The zero-order valence-electron chi connectivity index (χ0n) is 32.9. The summed E-state index contributed by atoms with van der Waals surface area (Å²) in [5.74, 6) is -2.31. The first-order valence-corrected chi connectivity index (χ1v) is 22.1. The fourth-order valence-electron chi connectivity index (χ4n) is 5.05. The Morgan fingerprint density at radius 1 is 1.09 bits per heavy atom. The number of esters is 1. The molecule has 2 aromatic rings. The Kier molecular flexibility index (Phi) is 19.7. The highest BCUT2D eigenvalue weighted by atomic mass is 35.5. The molecule has 16 nitrogen and oxygen atoms in total. The Morgan fingerprint density at radius 2 is 1.70 bits per heavy atom. The first kappa shape index (κ1) is 48.3. The van der Waals surface area contributed by atoms with Gasteiger partial charge in [-0.2, -0.15) is 15.0 Å². The molecule has 0 spiro atoms. The predicted octanol–water partition coefficient (Wildman–Crippen LogP) is 6.26. The van der Waals surface area contributed by atoms with Crippen LogP contribution in [0.1, 0.15) is 86.0 Å². The van der Waals surface area contributed by atoms with Gasteiger partial charge in [0.1, 0.15) is 17.6 Å². The predicted molar refractivity (Wildman–Crippen MR) is 215 cm³/mol. The largest absolute Gasteiger partial charge is 0.480 e. The number of rotatable bonds is 16. The zero-order chi connectivity index (χ0) is 42.2. The summed E-state index contributed by atoms with van der Waals surface area (Å²) in [6, 6.07) is 1.11. The van der Waals surface area contributed by atoms with E-state index in [1.165, 1.54) is 24.5 Å². The third kappa shape index (κ3) is 16.3. The van der Waals surface area contributed by atoms with Crippen molar-refractivity contribution in [3.8, 4) is 5.75 Å². The Bertz CT molecular complexity index is 1750. The molecule has 1 aromatic heterocycles. The zero-order valence-corrected chi connectivity index (χ0v) is 35.4. The van der Waals surface area contributed by atoms with Gasteiger partial charge in [-0.25, -0.2) is 14.1 Å². The van der Waals surface area contributed by atoms with E-state index in [0.717, 1.165) is 54.8 Å². The number of aromatic nitrogens is 3. The van der Waals surface area contributed by atoms with Crippen molar-refractivity contribution < 1.29 is 47.6 Å². The van der Waals surface area contributed by atoms with Crippen LogP contribution in [-0.2, 0) is 28.5 Å². The SMILES string of the molecule is CCCCCOC(=O)COc1cc(N2C(=O)C3=C(CCCC3)C2=O)c(F)cc1Cl.CCNc1nc(NC(C)(C)C)nc(SC)n1.CP(=O)(O)CCC(N)C(=O)O. The summed E-state index contributed by atoms with van der Waals surface area (Å²) in [5.41, 5.74) is 5.71. The summed E-state index contributed by atoms with van der Waals surface area (Å²) in [5, 5.41) is 15.3. The maximum Gasteiger partial charge on any atom is 0.344 e. The van der Waals surface area contributed by atoms with Gasteiger partial charge in [-0.3, -0.25) is 18.9 Å². The van der Waals surface area contributed by atoms with Crippen molar-refractivity contribution in [2.45, 2.75) is 103 Å². The van der Waals surface area contributed by atoms with Crippen LogP contribution in [0.2, 0.25) is 5.02 Å². The van der Waals surface area contributed by atoms with E-state index in [-0.39, 0.29) is 34.6 Å². The van der Waals surface area contributed by atoms with E-state index in [4.69, 9.17) is 36.8 Å². The normalized spacial score (nSPS) is 15.4. The van der Waals surface area contributed by atoms with Crippen LogP contribution < -0.4 is 26.0 Å². The van der Waals surface area contributed by atoms with Crippen molar-refractivity contribution in [3.63, 3.8) is 0 Å². The fraction of sp³-hybridized carbons (Fsp3) is 0.583. The standard InChI is InChI=1S/C21H23ClFNO5.C10H19N5S.C5H12NO4P/c1-2-3-6-9-28-19(25)12-29-18-11-17(16(23)10-15(18)22)24-20(26)13-7-4-5-8-14(13)21(24)27;1-6-11-7-12-8(15-10(2,3)4)14-9(13-7)16-5;1-11(9,10)3-2-4(6)5(7)8/h10-11H,2-9,12H2,1H3;6H2,1-5H3,(H2,11,12,13,14,15);4H,2-3,6H2,1H3,(H,7,8)(H,9,10). The molecular formula is C36H54ClFN7O9PS. The Hall–Kier alpha value is -3.83. The first-order chi connectivity index (χ1) is 26.2. The van der Waals surface area contributed by atoms with E-state index in [9.17, 15) is 28.1 Å². The number of nitrogens with two attached hydrogens (primary N) is 1. The summed E-state index contributed by atoms with van der Waals surface area (Å²) >= 11 is 7.52. The van der Waals surface area contributed by atoms with Crippen molar-refractivity contribution in [1.82, 2.24) is 15.0 Å². The highest BCUT2D eigenvalue weighted by Gasteiger charge is 2.41. The number of thioether (sulfide) groups is 1. The molecular weight excluding hydrogens is 792 g/mol. The molecule has 0 fully saturated rings. The number of unbranched alkanes of at least 4 members (excludes halogenated alkanes) is 2. The number of nitrogens with zero attached hydrogens (tertiary/aromatic N) is 4. The van der Waals surface area contributed by atoms with E-state index in [0.29, 0.717) is 42.5 Å². The number of aliphatic carboxylic acids is 1. The molecule has 6 N–H and O–H groups in total. The number of carbonyl (C=O) groups is 4. The summed E-state index contributed by atoms with van der Waals surface area (Å²) in [6.45, 7) is 12.1. The molecule has 2 heterocycles. The van der Waals surface area contributed by atoms with Crippen molar-refractivity contribution in [1.29, 1.82) is 0 Å². The summed E-state index contributed by atoms with van der Waals surface area (Å²) in [6.07, 6.45) is 7.35. The maximum absolute atomic E-state index is 14.5. The summed E-state index contributed by atoms with van der Waals surface area (Å²) in [4.78, 5) is 69.7. The van der Waals surface area contributed by atoms with E-state index in [1.54, 1.807) is 0 Å². The Morgan fingerprint density at radius 3 is 2.21 bits per heavy atom. The van der Waals surface area contributed by atoms with Crippen molar-refractivity contribution in [2.75, 3.05) is 54.4 Å². The van der Waals surface area contributed by atoms with Crippen LogP contribution in [0, 0.1) is 5.82 Å². The van der Waals surface area contributed by atoms with Gasteiger partial charge in [-0.15, -0.1) is 0 Å². The van der Waals surface area contributed by atoms with Crippen LogP contribution in [0.15, 0.2) is 28.4 Å². The first-order valence-electron chi connectivity index (χ1n) is 18.2. The van der Waals surface area contributed by atoms with Gasteiger partial charge >= 0.3 is 11.9 Å². The smallest absolute Gasteiger partial charge is 0.344 e. The number of hydrogen-bond donors (Lipinski definition) is 5. The molecule has 20 heteroatoms. The van der Waals surface area contributed by atoms with Crippen LogP contribution in [-0.4, -0.2) is 99.1 Å². The number of hydrogen-bond acceptors (Lipinski definition) is 14. The van der Waals surface area contributed by atoms with Crippen molar-refractivity contribution in [3.05, 3.63) is 34.1 Å². The number of amides is 2. The minimum atomic E-state index is -3.10. The lowest BCUT2D eigenvalue weighted by Crippen LogP contribution is -2.32. The number of anilines is 3. The molecule has 1 aromatic carbocycles. The van der Waals surface area contributed by atoms with Gasteiger partial charge in [0, 0.05) is 42.1 Å². The third-order valence-corrected chi connectivity index (χ3v) is 9.71. The monoisotopic (exact) mass is 845 g/mol. The lowest BCUT2D eigenvalue weighted by molar-refractivity contribution is -0.146. The number of carboxylic acid groups (broad SMARTS) is 1. The van der Waals surface area contributed by atoms with Gasteiger partial charge in [0.15, 0.2) is 19.1 Å². The average Bonchev–Trinajstić information content (AvgIpc) is 3.37.